The van der Waals surface area contributed by atoms with Crippen molar-refractivity contribution in [2.24, 2.45) is 11.7 Å². The molecule has 2 unspecified atom stereocenters. The fourth-order valence-corrected chi connectivity index (χ4v) is 3.65. The summed E-state index contributed by atoms with van der Waals surface area (Å²) in [5.74, 6) is 1.17. The molecule has 4 heteroatoms. The van der Waals surface area contributed by atoms with Crippen LogP contribution in [0.3, 0.4) is 0 Å². The summed E-state index contributed by atoms with van der Waals surface area (Å²) in [5.41, 5.74) is 6.98. The Morgan fingerprint density at radius 1 is 1.09 bits per heavy atom. The van der Waals surface area contributed by atoms with E-state index in [1.165, 1.54) is 32.1 Å². The van der Waals surface area contributed by atoms with Crippen molar-refractivity contribution in [3.63, 3.8) is 0 Å². The maximum atomic E-state index is 12.1. The molecule has 3 N–H and O–H groups in total. The first-order valence-electron chi connectivity index (χ1n) is 8.99. The van der Waals surface area contributed by atoms with Gasteiger partial charge in [0.25, 0.3) is 0 Å². The van der Waals surface area contributed by atoms with Gasteiger partial charge in [-0.1, -0.05) is 18.6 Å². The van der Waals surface area contributed by atoms with Crippen LogP contribution < -0.4 is 15.8 Å². The summed E-state index contributed by atoms with van der Waals surface area (Å²) in [5, 5.41) is 3.03. The Balaban J connectivity index is 1.44. The van der Waals surface area contributed by atoms with Crippen LogP contribution in [0.2, 0.25) is 0 Å². The largest absolute Gasteiger partial charge is 0.490 e. The summed E-state index contributed by atoms with van der Waals surface area (Å²) in [4.78, 5) is 12.1. The SMILES string of the molecule is NC1CCC(C(=O)NCc2ccc(OC3CCCCC3)cc2)C1. The predicted octanol–water partition coefficient (Wildman–Crippen LogP) is 3.14. The van der Waals surface area contributed by atoms with E-state index in [-0.39, 0.29) is 17.9 Å². The van der Waals surface area contributed by atoms with Gasteiger partial charge in [-0.05, 0) is 62.6 Å². The molecule has 2 saturated carbocycles. The molecule has 2 aliphatic rings. The summed E-state index contributed by atoms with van der Waals surface area (Å²) in [6.07, 6.45) is 9.31. The first-order valence-corrected chi connectivity index (χ1v) is 8.99. The lowest BCUT2D eigenvalue weighted by Crippen LogP contribution is -2.29. The minimum atomic E-state index is 0.0962. The first-order chi connectivity index (χ1) is 11.2. The number of carbonyl (C=O) groups excluding carboxylic acids is 1. The lowest BCUT2D eigenvalue weighted by atomic mass is 9.98. The number of hydrogen-bond acceptors (Lipinski definition) is 3. The zero-order chi connectivity index (χ0) is 16.1. The second-order valence-corrected chi connectivity index (χ2v) is 7.01. The molecule has 2 aliphatic carbocycles. The molecule has 0 spiro atoms. The van der Waals surface area contributed by atoms with Crippen LogP contribution in [0.1, 0.15) is 56.9 Å². The fourth-order valence-electron chi connectivity index (χ4n) is 3.65. The minimum absolute atomic E-state index is 0.0962. The molecule has 4 nitrogen and oxygen atoms in total. The first kappa shape index (κ1) is 16.3. The van der Waals surface area contributed by atoms with Gasteiger partial charge in [-0.25, -0.2) is 0 Å². The molecule has 1 aromatic rings. The highest BCUT2D eigenvalue weighted by molar-refractivity contribution is 5.79. The van der Waals surface area contributed by atoms with Crippen LogP contribution in [0, 0.1) is 5.92 Å². The zero-order valence-electron chi connectivity index (χ0n) is 13.8. The van der Waals surface area contributed by atoms with Gasteiger partial charge in [0.1, 0.15) is 5.75 Å². The van der Waals surface area contributed by atoms with Crippen LogP contribution in [0.4, 0.5) is 0 Å². The third-order valence-corrected chi connectivity index (χ3v) is 5.09. The number of carbonyl (C=O) groups is 1. The van der Waals surface area contributed by atoms with Gasteiger partial charge in [0, 0.05) is 18.5 Å². The van der Waals surface area contributed by atoms with Crippen LogP contribution >= 0.6 is 0 Å². The van der Waals surface area contributed by atoms with Crippen LogP contribution in [-0.4, -0.2) is 18.1 Å². The monoisotopic (exact) mass is 316 g/mol. The predicted molar refractivity (Wildman–Crippen MR) is 91.1 cm³/mol. The van der Waals surface area contributed by atoms with Crippen LogP contribution in [0.5, 0.6) is 5.75 Å². The number of nitrogens with one attached hydrogen (secondary N) is 1. The van der Waals surface area contributed by atoms with E-state index in [1.807, 2.05) is 24.3 Å². The van der Waals surface area contributed by atoms with Crippen molar-refractivity contribution >= 4 is 5.91 Å². The number of amides is 1. The molecule has 0 bridgehead atoms. The third kappa shape index (κ3) is 4.71. The van der Waals surface area contributed by atoms with E-state index in [0.717, 1.165) is 30.6 Å². The molecule has 1 amide bonds. The summed E-state index contributed by atoms with van der Waals surface area (Å²) in [7, 11) is 0. The molecule has 2 fully saturated rings. The van der Waals surface area contributed by atoms with E-state index in [4.69, 9.17) is 10.5 Å². The van der Waals surface area contributed by atoms with Crippen molar-refractivity contribution in [3.8, 4) is 5.75 Å². The second kappa shape index (κ2) is 7.82. The van der Waals surface area contributed by atoms with E-state index in [1.54, 1.807) is 0 Å². The molecule has 0 heterocycles. The summed E-state index contributed by atoms with van der Waals surface area (Å²) in [6.45, 7) is 0.578. The zero-order valence-corrected chi connectivity index (χ0v) is 13.8. The number of ether oxygens (including phenoxy) is 1. The van der Waals surface area contributed by atoms with Crippen molar-refractivity contribution in [1.29, 1.82) is 0 Å². The topological polar surface area (TPSA) is 64.4 Å². The lowest BCUT2D eigenvalue weighted by Gasteiger charge is -2.23. The van der Waals surface area contributed by atoms with Crippen LogP contribution in [-0.2, 0) is 11.3 Å². The summed E-state index contributed by atoms with van der Waals surface area (Å²) in [6, 6.07) is 8.31. The maximum Gasteiger partial charge on any atom is 0.223 e. The second-order valence-electron chi connectivity index (χ2n) is 7.01. The number of rotatable bonds is 5. The molecular weight excluding hydrogens is 288 g/mol. The van der Waals surface area contributed by atoms with Crippen molar-refractivity contribution in [2.45, 2.75) is 70.1 Å². The maximum absolute atomic E-state index is 12.1. The van der Waals surface area contributed by atoms with Crippen molar-refractivity contribution in [1.82, 2.24) is 5.32 Å². The van der Waals surface area contributed by atoms with Gasteiger partial charge >= 0.3 is 0 Å². The quantitative estimate of drug-likeness (QED) is 0.877. The van der Waals surface area contributed by atoms with Gasteiger partial charge in [0.15, 0.2) is 0 Å². The van der Waals surface area contributed by atoms with E-state index in [2.05, 4.69) is 5.32 Å². The average Bonchev–Trinajstić information content (AvgIpc) is 3.01. The Morgan fingerprint density at radius 2 is 1.83 bits per heavy atom. The fraction of sp³-hybridized carbons (Fsp3) is 0.632. The van der Waals surface area contributed by atoms with Gasteiger partial charge in [-0.2, -0.15) is 0 Å². The minimum Gasteiger partial charge on any atom is -0.490 e. The van der Waals surface area contributed by atoms with Crippen molar-refractivity contribution in [3.05, 3.63) is 29.8 Å². The molecular formula is C19H28N2O2. The molecule has 126 valence electrons. The van der Waals surface area contributed by atoms with Crippen LogP contribution in [0.25, 0.3) is 0 Å². The van der Waals surface area contributed by atoms with Crippen molar-refractivity contribution < 1.29 is 9.53 Å². The van der Waals surface area contributed by atoms with Gasteiger partial charge < -0.3 is 15.8 Å². The number of nitrogens with two attached hydrogens (primary N) is 1. The summed E-state index contributed by atoms with van der Waals surface area (Å²) >= 11 is 0. The van der Waals surface area contributed by atoms with E-state index >= 15 is 0 Å². The molecule has 0 saturated heterocycles. The van der Waals surface area contributed by atoms with Crippen molar-refractivity contribution in [2.75, 3.05) is 0 Å². The van der Waals surface area contributed by atoms with Gasteiger partial charge in [0.2, 0.25) is 5.91 Å². The van der Waals surface area contributed by atoms with Gasteiger partial charge in [0.05, 0.1) is 6.10 Å². The van der Waals surface area contributed by atoms with E-state index < -0.39 is 0 Å². The molecule has 3 rings (SSSR count). The Labute approximate surface area is 138 Å². The normalized spacial score (nSPS) is 25.3. The molecule has 23 heavy (non-hydrogen) atoms. The standard InChI is InChI=1S/C19H28N2O2/c20-16-9-8-15(12-16)19(22)21-13-14-6-10-18(11-7-14)23-17-4-2-1-3-5-17/h6-7,10-11,15-17H,1-5,8-9,12-13,20H2,(H,21,22). The molecule has 0 aromatic heterocycles. The Morgan fingerprint density at radius 3 is 2.48 bits per heavy atom. The van der Waals surface area contributed by atoms with Crippen LogP contribution in [0.15, 0.2) is 24.3 Å². The highest BCUT2D eigenvalue weighted by Crippen LogP contribution is 2.25. The van der Waals surface area contributed by atoms with Gasteiger partial charge in [-0.3, -0.25) is 4.79 Å². The molecule has 1 aromatic carbocycles. The van der Waals surface area contributed by atoms with E-state index in [9.17, 15) is 4.79 Å². The lowest BCUT2D eigenvalue weighted by molar-refractivity contribution is -0.125. The molecule has 0 aliphatic heterocycles. The number of hydrogen-bond donors (Lipinski definition) is 2. The summed E-state index contributed by atoms with van der Waals surface area (Å²) < 4.78 is 6.03. The highest BCUT2D eigenvalue weighted by atomic mass is 16.5. The smallest absolute Gasteiger partial charge is 0.223 e. The molecule has 0 radical (unpaired) electrons. The average molecular weight is 316 g/mol. The number of benzene rings is 1. The Kier molecular flexibility index (Phi) is 5.55. The third-order valence-electron chi connectivity index (χ3n) is 5.09. The Bertz CT molecular complexity index is 509. The molecule has 2 atom stereocenters. The van der Waals surface area contributed by atoms with E-state index in [0.29, 0.717) is 12.6 Å². The Hall–Kier alpha value is -1.55. The van der Waals surface area contributed by atoms with Gasteiger partial charge in [-0.15, -0.1) is 0 Å². The highest BCUT2D eigenvalue weighted by Gasteiger charge is 2.27.